The summed E-state index contributed by atoms with van der Waals surface area (Å²) in [5.74, 6) is -0.173. The predicted molar refractivity (Wildman–Crippen MR) is 378 cm³/mol. The minimum Gasteiger partial charge on any atom is -0.387 e. The number of nitrogens with one attached hydrogen (secondary N) is 1. The lowest BCUT2D eigenvalue weighted by Gasteiger charge is -2.25. The van der Waals surface area contributed by atoms with Gasteiger partial charge in [0.05, 0.1) is 39.9 Å². The molecule has 0 aromatic heterocycles. The van der Waals surface area contributed by atoms with Crippen molar-refractivity contribution in [1.29, 1.82) is 0 Å². The Kier molecular flexibility index (Phi) is 65.3. The highest BCUT2D eigenvalue weighted by Crippen LogP contribution is 2.43. The second kappa shape index (κ2) is 67.1. The van der Waals surface area contributed by atoms with E-state index in [1.165, 1.54) is 250 Å². The van der Waals surface area contributed by atoms with E-state index < -0.39 is 20.0 Å². The molecule has 0 bridgehead atoms. The lowest BCUT2D eigenvalue weighted by Crippen LogP contribution is -2.45. The first-order chi connectivity index (χ1) is 42.0. The second-order valence-electron chi connectivity index (χ2n) is 26.3. The molecular formula is C77H144N2O6P+. The molecule has 8 nitrogen and oxygen atoms in total. The second-order valence-corrected chi connectivity index (χ2v) is 27.7. The monoisotopic (exact) mass is 1220 g/mol. The van der Waals surface area contributed by atoms with Crippen LogP contribution in [0.5, 0.6) is 0 Å². The van der Waals surface area contributed by atoms with Crippen molar-refractivity contribution in [3.05, 3.63) is 85.1 Å². The molecule has 0 aromatic carbocycles. The third-order valence-corrected chi connectivity index (χ3v) is 17.6. The van der Waals surface area contributed by atoms with Crippen molar-refractivity contribution in [3.8, 4) is 0 Å². The molecule has 0 spiro atoms. The Bertz CT molecular complexity index is 1680. The number of unbranched alkanes of at least 4 members (excludes halogenated alkanes) is 43. The van der Waals surface area contributed by atoms with Crippen molar-refractivity contribution in [2.75, 3.05) is 40.9 Å². The van der Waals surface area contributed by atoms with Gasteiger partial charge in [0.1, 0.15) is 13.2 Å². The topological polar surface area (TPSA) is 105 Å². The Morgan fingerprint density at radius 2 is 0.698 bits per heavy atom. The van der Waals surface area contributed by atoms with Crippen LogP contribution in [0.4, 0.5) is 0 Å². The van der Waals surface area contributed by atoms with Crippen LogP contribution in [0.15, 0.2) is 85.1 Å². The van der Waals surface area contributed by atoms with E-state index in [1.807, 2.05) is 27.2 Å². The van der Waals surface area contributed by atoms with E-state index in [4.69, 9.17) is 9.05 Å². The number of likely N-dealkylation sites (N-methyl/N-ethyl adjacent to an activating group) is 1. The minimum absolute atomic E-state index is 0.0610. The van der Waals surface area contributed by atoms with E-state index in [1.54, 1.807) is 6.08 Å². The molecule has 0 rings (SSSR count). The normalized spacial score (nSPS) is 14.1. The van der Waals surface area contributed by atoms with Crippen LogP contribution in [0.25, 0.3) is 0 Å². The summed E-state index contributed by atoms with van der Waals surface area (Å²) in [6.07, 6.45) is 96.0. The maximum absolute atomic E-state index is 13.1. The van der Waals surface area contributed by atoms with Gasteiger partial charge in [0.2, 0.25) is 5.91 Å². The zero-order chi connectivity index (χ0) is 62.6. The number of nitrogens with zero attached hydrogens (tertiary/aromatic N) is 1. The zero-order valence-corrected chi connectivity index (χ0v) is 58.4. The van der Waals surface area contributed by atoms with E-state index in [-0.39, 0.29) is 19.1 Å². The molecule has 0 radical (unpaired) electrons. The number of amides is 1. The molecule has 1 amide bonds. The zero-order valence-electron chi connectivity index (χ0n) is 57.6. The van der Waals surface area contributed by atoms with Crippen LogP contribution in [-0.4, -0.2) is 73.4 Å². The summed E-state index contributed by atoms with van der Waals surface area (Å²) < 4.78 is 23.9. The quantitative estimate of drug-likeness (QED) is 0.0243. The van der Waals surface area contributed by atoms with Gasteiger partial charge in [-0.2, -0.15) is 0 Å². The van der Waals surface area contributed by atoms with Crippen molar-refractivity contribution >= 4 is 13.7 Å². The number of hydrogen-bond acceptors (Lipinski definition) is 5. The van der Waals surface area contributed by atoms with Gasteiger partial charge in [0.25, 0.3) is 0 Å². The van der Waals surface area contributed by atoms with E-state index in [0.717, 1.165) is 77.0 Å². The van der Waals surface area contributed by atoms with Crippen molar-refractivity contribution in [2.45, 2.75) is 360 Å². The molecule has 0 aliphatic rings. The molecule has 0 heterocycles. The first-order valence-electron chi connectivity index (χ1n) is 37.0. The third-order valence-electron chi connectivity index (χ3n) is 16.6. The maximum atomic E-state index is 13.1. The summed E-state index contributed by atoms with van der Waals surface area (Å²) in [6, 6.07) is -0.851. The number of hydrogen-bond donors (Lipinski definition) is 3. The first kappa shape index (κ1) is 83.7. The Morgan fingerprint density at radius 3 is 1.02 bits per heavy atom. The SMILES string of the molecule is CC/C=C\C/C=C\C/C=C\C/C=C\C/C=C\C/C=C\CCCCCCCCCCCCCCCCCCCCC(=O)NC(COP(=O)(O)OCC[N+](C)(C)C)C(O)/C=C/CCCCCCCCCCCCCCCCCCCCCCCCCCC. The predicted octanol–water partition coefficient (Wildman–Crippen LogP) is 23.9. The molecular weight excluding hydrogens is 1080 g/mol. The number of phosphoric ester groups is 1. The minimum atomic E-state index is -4.36. The van der Waals surface area contributed by atoms with Crippen molar-refractivity contribution in [1.82, 2.24) is 5.32 Å². The number of carbonyl (C=O) groups excluding carboxylic acids is 1. The van der Waals surface area contributed by atoms with Gasteiger partial charge in [-0.25, -0.2) is 4.57 Å². The molecule has 0 aromatic rings. The summed E-state index contributed by atoms with van der Waals surface area (Å²) in [6.45, 7) is 4.75. The van der Waals surface area contributed by atoms with Crippen LogP contribution < -0.4 is 5.32 Å². The summed E-state index contributed by atoms with van der Waals surface area (Å²) in [5, 5.41) is 14.0. The number of aliphatic hydroxyl groups excluding tert-OH is 1. The molecule has 3 atom stereocenters. The van der Waals surface area contributed by atoms with Gasteiger partial charge in [-0.15, -0.1) is 0 Å². The summed E-state index contributed by atoms with van der Waals surface area (Å²) in [4.78, 5) is 23.5. The Labute approximate surface area is 535 Å². The average molecular weight is 1220 g/mol. The Balaban J connectivity index is 4.02. The number of phosphoric acid groups is 1. The molecule has 0 fully saturated rings. The fraction of sp³-hybridized carbons (Fsp3) is 0.805. The number of rotatable bonds is 68. The smallest absolute Gasteiger partial charge is 0.387 e. The van der Waals surface area contributed by atoms with E-state index in [0.29, 0.717) is 17.4 Å². The number of carbonyl (C=O) groups is 1. The highest BCUT2D eigenvalue weighted by Gasteiger charge is 2.28. The lowest BCUT2D eigenvalue weighted by atomic mass is 10.0. The van der Waals surface area contributed by atoms with Crippen molar-refractivity contribution in [3.63, 3.8) is 0 Å². The fourth-order valence-electron chi connectivity index (χ4n) is 10.9. The molecule has 0 aliphatic carbocycles. The highest BCUT2D eigenvalue weighted by molar-refractivity contribution is 7.47. The van der Waals surface area contributed by atoms with Crippen molar-refractivity contribution < 1.29 is 32.9 Å². The third kappa shape index (κ3) is 69.2. The maximum Gasteiger partial charge on any atom is 0.472 e. The molecule has 9 heteroatoms. The summed E-state index contributed by atoms with van der Waals surface area (Å²) >= 11 is 0. The van der Waals surface area contributed by atoms with Crippen LogP contribution in [0.3, 0.4) is 0 Å². The molecule has 0 aliphatic heterocycles. The van der Waals surface area contributed by atoms with Gasteiger partial charge in [-0.3, -0.25) is 13.8 Å². The van der Waals surface area contributed by atoms with Gasteiger partial charge < -0.3 is 19.8 Å². The first-order valence-corrected chi connectivity index (χ1v) is 38.5. The van der Waals surface area contributed by atoms with Crippen LogP contribution in [-0.2, 0) is 18.4 Å². The van der Waals surface area contributed by atoms with E-state index >= 15 is 0 Å². The standard InChI is InChI=1S/C77H143N2O6P/c1-6-8-10-12-14-16-18-20-22-24-26-28-30-32-34-35-36-37-38-39-40-41-42-43-45-47-49-51-53-55-57-59-61-63-65-67-69-71-77(81)78-75(74-85-86(82,83)84-73-72-79(3,4)5)76(80)70-68-66-64-62-60-58-56-54-52-50-48-46-44-33-31-29-27-25-23-21-19-17-15-13-11-9-7-2/h8,10,14,16,20,22,26,28,32,34,36-37,68,70,75-76,80H,6-7,9,11-13,15,17-19,21,23-25,27,29-31,33,35,38-67,69,71-74H2,1-5H3,(H-,78,81,82,83)/p+1/b10-8-,16-14-,22-20-,28-26-,34-32-,37-36-,70-68+. The number of quaternary nitrogens is 1. The molecule has 3 N–H and O–H groups in total. The fourth-order valence-corrected chi connectivity index (χ4v) is 11.7. The van der Waals surface area contributed by atoms with Gasteiger partial charge in [-0.1, -0.05) is 356 Å². The lowest BCUT2D eigenvalue weighted by molar-refractivity contribution is -0.870. The average Bonchev–Trinajstić information content (AvgIpc) is 3.70. The Morgan fingerprint density at radius 1 is 0.407 bits per heavy atom. The number of aliphatic hydroxyl groups is 1. The van der Waals surface area contributed by atoms with Gasteiger partial charge in [0, 0.05) is 6.42 Å². The van der Waals surface area contributed by atoms with Crippen molar-refractivity contribution in [2.24, 2.45) is 0 Å². The summed E-state index contributed by atoms with van der Waals surface area (Å²) in [5.41, 5.74) is 0. The molecule has 86 heavy (non-hydrogen) atoms. The van der Waals surface area contributed by atoms with Crippen LogP contribution in [0, 0.1) is 0 Å². The molecule has 0 saturated carbocycles. The largest absolute Gasteiger partial charge is 0.472 e. The van der Waals surface area contributed by atoms with E-state index in [2.05, 4.69) is 92.1 Å². The Hall–Kier alpha value is -2.32. The molecule has 0 saturated heterocycles. The van der Waals surface area contributed by atoms with E-state index in [9.17, 15) is 19.4 Å². The van der Waals surface area contributed by atoms with Crippen LogP contribution in [0.1, 0.15) is 348 Å². The van der Waals surface area contributed by atoms with Gasteiger partial charge >= 0.3 is 7.82 Å². The van der Waals surface area contributed by atoms with Gasteiger partial charge in [0.15, 0.2) is 0 Å². The number of allylic oxidation sites excluding steroid dienone is 13. The highest BCUT2D eigenvalue weighted by atomic mass is 31.2. The van der Waals surface area contributed by atoms with Crippen LogP contribution in [0.2, 0.25) is 0 Å². The summed E-state index contributed by atoms with van der Waals surface area (Å²) in [7, 11) is 1.58. The van der Waals surface area contributed by atoms with Crippen LogP contribution >= 0.6 is 7.82 Å². The molecule has 3 unspecified atom stereocenters. The van der Waals surface area contributed by atoms with Gasteiger partial charge in [-0.05, 0) is 70.6 Å². The molecule has 502 valence electrons.